The van der Waals surface area contributed by atoms with E-state index in [-0.39, 0.29) is 29.1 Å². The van der Waals surface area contributed by atoms with Crippen LogP contribution in [0, 0.1) is 5.82 Å². The highest BCUT2D eigenvalue weighted by Gasteiger charge is 2.29. The van der Waals surface area contributed by atoms with Gasteiger partial charge in [-0.05, 0) is 28.1 Å². The fraction of sp³-hybridized carbons (Fsp3) is 0.200. The maximum absolute atomic E-state index is 13.8. The van der Waals surface area contributed by atoms with Crippen LogP contribution in [0.15, 0.2) is 22.7 Å². The number of aromatic nitrogens is 1. The Morgan fingerprint density at radius 1 is 1.57 bits per heavy atom. The van der Waals surface area contributed by atoms with Gasteiger partial charge in [0, 0.05) is 11.6 Å². The Morgan fingerprint density at radius 2 is 2.35 bits per heavy atom. The molecule has 0 fully saturated rings. The number of fused-ring (bicyclic) bond motifs is 1. The van der Waals surface area contributed by atoms with Gasteiger partial charge >= 0.3 is 0 Å². The molecule has 0 radical (unpaired) electrons. The molecule has 23 heavy (non-hydrogen) atoms. The smallest absolute Gasteiger partial charge is 0.167 e. The average molecular weight is 402 g/mol. The molecule has 0 saturated heterocycles. The third-order valence-electron chi connectivity index (χ3n) is 3.53. The highest BCUT2D eigenvalue weighted by atomic mass is 79.9. The monoisotopic (exact) mass is 400 g/mol. The summed E-state index contributed by atoms with van der Waals surface area (Å²) in [4.78, 5) is 15.1. The van der Waals surface area contributed by atoms with Crippen molar-refractivity contribution in [3.8, 4) is 11.5 Å². The number of pyridine rings is 1. The van der Waals surface area contributed by atoms with Crippen LogP contribution in [-0.4, -0.2) is 24.5 Å². The van der Waals surface area contributed by atoms with Gasteiger partial charge in [-0.15, -0.1) is 0 Å². The molecule has 120 valence electrons. The summed E-state index contributed by atoms with van der Waals surface area (Å²) in [5.74, 6) is 0.121. The van der Waals surface area contributed by atoms with E-state index in [1.165, 1.54) is 12.1 Å². The first-order valence-electron chi connectivity index (χ1n) is 6.66. The van der Waals surface area contributed by atoms with Gasteiger partial charge in [-0.3, -0.25) is 4.79 Å². The molecule has 0 spiro atoms. The molecule has 0 aliphatic carbocycles. The summed E-state index contributed by atoms with van der Waals surface area (Å²) < 4.78 is 25.5. The van der Waals surface area contributed by atoms with Gasteiger partial charge in [-0.25, -0.2) is 9.37 Å². The van der Waals surface area contributed by atoms with Gasteiger partial charge < -0.3 is 15.2 Å². The van der Waals surface area contributed by atoms with Gasteiger partial charge in [-0.1, -0.05) is 11.6 Å². The first-order valence-corrected chi connectivity index (χ1v) is 7.83. The second-order valence-corrected chi connectivity index (χ2v) is 6.17. The second-order valence-electron chi connectivity index (χ2n) is 4.95. The number of nitrogen functional groups attached to an aromatic ring is 1. The topological polar surface area (TPSA) is 74.4 Å². The molecule has 0 unspecified atom stereocenters. The first-order chi connectivity index (χ1) is 11.0. The van der Waals surface area contributed by atoms with Crippen LogP contribution >= 0.6 is 27.5 Å². The summed E-state index contributed by atoms with van der Waals surface area (Å²) in [7, 11) is 0. The van der Waals surface area contributed by atoms with Crippen molar-refractivity contribution in [2.75, 3.05) is 18.9 Å². The molecule has 0 saturated carbocycles. The normalized spacial score (nSPS) is 15.9. The lowest BCUT2D eigenvalue weighted by atomic mass is 9.96. The van der Waals surface area contributed by atoms with Crippen molar-refractivity contribution in [2.45, 2.75) is 5.92 Å². The Hall–Kier alpha value is -1.86. The van der Waals surface area contributed by atoms with E-state index in [1.807, 2.05) is 0 Å². The molecule has 8 heteroatoms. The fourth-order valence-electron chi connectivity index (χ4n) is 2.43. The molecule has 2 heterocycles. The maximum Gasteiger partial charge on any atom is 0.167 e. The zero-order valence-electron chi connectivity index (χ0n) is 11.7. The highest BCUT2D eigenvalue weighted by Crippen LogP contribution is 2.38. The van der Waals surface area contributed by atoms with E-state index in [0.717, 1.165) is 0 Å². The van der Waals surface area contributed by atoms with Crippen molar-refractivity contribution in [1.82, 2.24) is 4.98 Å². The Morgan fingerprint density at radius 3 is 3.09 bits per heavy atom. The number of ether oxygens (including phenoxy) is 2. The molecule has 3 rings (SSSR count). The third kappa shape index (κ3) is 2.98. The van der Waals surface area contributed by atoms with Crippen molar-refractivity contribution in [2.24, 2.45) is 0 Å². The van der Waals surface area contributed by atoms with Gasteiger partial charge in [0.1, 0.15) is 16.7 Å². The molecule has 1 aromatic carbocycles. The van der Waals surface area contributed by atoms with E-state index in [2.05, 4.69) is 20.9 Å². The lowest BCUT2D eigenvalue weighted by molar-refractivity contribution is 0.111. The van der Waals surface area contributed by atoms with E-state index in [9.17, 15) is 9.18 Å². The molecular formula is C15H11BrClFN2O3. The molecule has 1 aliphatic rings. The van der Waals surface area contributed by atoms with Crippen molar-refractivity contribution < 1.29 is 18.7 Å². The van der Waals surface area contributed by atoms with E-state index in [1.54, 1.807) is 6.07 Å². The van der Waals surface area contributed by atoms with Crippen molar-refractivity contribution >= 4 is 39.6 Å². The summed E-state index contributed by atoms with van der Waals surface area (Å²) in [6.07, 6.45) is 0.491. The number of carbonyl (C=O) groups is 1. The van der Waals surface area contributed by atoms with Crippen LogP contribution in [0.25, 0.3) is 0 Å². The van der Waals surface area contributed by atoms with Crippen molar-refractivity contribution in [1.29, 1.82) is 0 Å². The number of nitrogens with zero attached hydrogens (tertiary/aromatic N) is 1. The van der Waals surface area contributed by atoms with Gasteiger partial charge in [-0.2, -0.15) is 0 Å². The molecule has 5 nitrogen and oxygen atoms in total. The SMILES string of the molecule is Nc1nc(Cl)c(Br)cc1OC[C@H]1COc2ccc(F)c(C=O)c21. The minimum absolute atomic E-state index is 0.00279. The average Bonchev–Trinajstić information content (AvgIpc) is 2.93. The molecule has 1 aromatic heterocycles. The Labute approximate surface area is 144 Å². The number of benzene rings is 1. The summed E-state index contributed by atoms with van der Waals surface area (Å²) in [5, 5.41) is 0.231. The zero-order chi connectivity index (χ0) is 16.6. The van der Waals surface area contributed by atoms with Crippen LogP contribution in [0.4, 0.5) is 10.2 Å². The number of halogens is 3. The quantitative estimate of drug-likeness (QED) is 0.626. The van der Waals surface area contributed by atoms with E-state index in [4.69, 9.17) is 26.8 Å². The molecule has 1 aliphatic heterocycles. The minimum atomic E-state index is -0.579. The number of nitrogens with two attached hydrogens (primary N) is 1. The van der Waals surface area contributed by atoms with Gasteiger partial charge in [0.05, 0.1) is 29.2 Å². The highest BCUT2D eigenvalue weighted by molar-refractivity contribution is 9.10. The molecular weight excluding hydrogens is 391 g/mol. The maximum atomic E-state index is 13.8. The Kier molecular flexibility index (Phi) is 4.41. The van der Waals surface area contributed by atoms with Crippen LogP contribution in [0.5, 0.6) is 11.5 Å². The number of hydrogen-bond acceptors (Lipinski definition) is 5. The number of aldehydes is 1. The standard InChI is InChI=1S/C15H11BrClFN2O3/c16-9-3-12(15(19)20-14(9)17)23-6-7-5-22-11-2-1-10(18)8(4-21)13(7)11/h1-4,7H,5-6H2,(H2,19,20)/t7-/m1/s1. The Bertz CT molecular complexity index is 788. The summed E-state index contributed by atoms with van der Waals surface area (Å²) in [6, 6.07) is 4.32. The van der Waals surface area contributed by atoms with Crippen molar-refractivity contribution in [3.05, 3.63) is 44.8 Å². The summed E-state index contributed by atoms with van der Waals surface area (Å²) >= 11 is 9.08. The van der Waals surface area contributed by atoms with E-state index >= 15 is 0 Å². The van der Waals surface area contributed by atoms with Gasteiger partial charge in [0.15, 0.2) is 17.9 Å². The van der Waals surface area contributed by atoms with Crippen LogP contribution in [0.3, 0.4) is 0 Å². The van der Waals surface area contributed by atoms with Crippen LogP contribution < -0.4 is 15.2 Å². The number of hydrogen-bond donors (Lipinski definition) is 1. The number of rotatable bonds is 4. The van der Waals surface area contributed by atoms with Crippen LogP contribution in [-0.2, 0) is 0 Å². The number of anilines is 1. The largest absolute Gasteiger partial charge is 0.492 e. The Balaban J connectivity index is 1.84. The molecule has 0 bridgehead atoms. The molecule has 2 aromatic rings. The van der Waals surface area contributed by atoms with Crippen LogP contribution in [0.1, 0.15) is 21.8 Å². The lowest BCUT2D eigenvalue weighted by Gasteiger charge is -2.14. The summed E-state index contributed by atoms with van der Waals surface area (Å²) in [5.41, 5.74) is 6.27. The summed E-state index contributed by atoms with van der Waals surface area (Å²) in [6.45, 7) is 0.457. The molecule has 0 amide bonds. The number of carbonyl (C=O) groups excluding carboxylic acids is 1. The van der Waals surface area contributed by atoms with Gasteiger partial charge in [0.2, 0.25) is 0 Å². The lowest BCUT2D eigenvalue weighted by Crippen LogP contribution is -2.14. The van der Waals surface area contributed by atoms with Crippen LogP contribution in [0.2, 0.25) is 5.15 Å². The molecule has 2 N–H and O–H groups in total. The fourth-order valence-corrected chi connectivity index (χ4v) is 2.87. The third-order valence-corrected chi connectivity index (χ3v) is 4.65. The first kappa shape index (κ1) is 16.0. The van der Waals surface area contributed by atoms with E-state index < -0.39 is 5.82 Å². The molecule has 1 atom stereocenters. The van der Waals surface area contributed by atoms with E-state index in [0.29, 0.717) is 34.4 Å². The predicted octanol–water partition coefficient (Wildman–Crippen LogP) is 3.59. The minimum Gasteiger partial charge on any atom is -0.492 e. The predicted molar refractivity (Wildman–Crippen MR) is 86.9 cm³/mol. The zero-order valence-corrected chi connectivity index (χ0v) is 14.0. The van der Waals surface area contributed by atoms with Crippen molar-refractivity contribution in [3.63, 3.8) is 0 Å². The van der Waals surface area contributed by atoms with Gasteiger partial charge in [0.25, 0.3) is 0 Å². The second kappa shape index (κ2) is 6.33.